The number of carbonyl (C=O) groups excluding carboxylic acids is 2. The number of halogens is 3. The van der Waals surface area contributed by atoms with E-state index in [1.165, 1.54) is 11.4 Å². The van der Waals surface area contributed by atoms with Crippen molar-refractivity contribution in [2.75, 3.05) is 0 Å². The number of carbonyl (C=O) groups is 2. The van der Waals surface area contributed by atoms with E-state index in [9.17, 15) is 18.4 Å². The number of benzene rings is 1. The average molecular weight is 407 g/mol. The van der Waals surface area contributed by atoms with Crippen molar-refractivity contribution in [1.29, 1.82) is 0 Å². The van der Waals surface area contributed by atoms with Gasteiger partial charge in [0.1, 0.15) is 4.88 Å². The van der Waals surface area contributed by atoms with Crippen molar-refractivity contribution >= 4 is 50.8 Å². The maximum Gasteiger partial charge on any atom is 0.288 e. The number of hydrogen-bond donors (Lipinski definition) is 2. The third-order valence-corrected chi connectivity index (χ3v) is 4.79. The van der Waals surface area contributed by atoms with Crippen LogP contribution in [0.25, 0.3) is 0 Å². The monoisotopic (exact) mass is 406 g/mol. The predicted octanol–water partition coefficient (Wildman–Crippen LogP) is 3.90. The van der Waals surface area contributed by atoms with Gasteiger partial charge in [-0.15, -0.1) is 11.3 Å². The van der Waals surface area contributed by atoms with E-state index < -0.39 is 17.6 Å². The summed E-state index contributed by atoms with van der Waals surface area (Å²) in [7, 11) is 0. The molecular weight excluding hydrogens is 398 g/mol. The van der Waals surface area contributed by atoms with Crippen LogP contribution in [0.15, 0.2) is 45.1 Å². The Balaban J connectivity index is 1.96. The van der Waals surface area contributed by atoms with Gasteiger partial charge in [-0.25, -0.2) is 0 Å². The Labute approximate surface area is 141 Å². The van der Waals surface area contributed by atoms with Gasteiger partial charge in [-0.3, -0.25) is 20.4 Å². The first-order valence-corrected chi connectivity index (χ1v) is 8.41. The molecule has 116 valence electrons. The Bertz CT molecular complexity index is 677. The molecule has 1 aromatic heterocycles. The number of amides is 2. The summed E-state index contributed by atoms with van der Waals surface area (Å²) in [5.74, 6) is -3.75. The highest BCUT2D eigenvalue weighted by Gasteiger charge is 2.17. The third kappa shape index (κ3) is 4.52. The minimum atomic E-state index is -2.61. The van der Waals surface area contributed by atoms with Crippen molar-refractivity contribution in [2.45, 2.75) is 10.7 Å². The molecule has 2 amide bonds. The zero-order valence-electron chi connectivity index (χ0n) is 10.8. The van der Waals surface area contributed by atoms with Crippen LogP contribution in [-0.2, 0) is 0 Å². The third-order valence-electron chi connectivity index (χ3n) is 2.45. The van der Waals surface area contributed by atoms with Gasteiger partial charge in [-0.05, 0) is 35.7 Å². The maximum atomic E-state index is 12.4. The first-order valence-electron chi connectivity index (χ1n) is 5.86. The Morgan fingerprint density at radius 2 is 1.73 bits per heavy atom. The number of alkyl halides is 2. The lowest BCUT2D eigenvalue weighted by molar-refractivity contribution is 0.0847. The molecular formula is C13H9BrF2N2O2S2. The number of thiophene rings is 1. The highest BCUT2D eigenvalue weighted by Crippen LogP contribution is 2.31. The molecule has 4 nitrogen and oxygen atoms in total. The predicted molar refractivity (Wildman–Crippen MR) is 85.3 cm³/mol. The second-order valence-electron chi connectivity index (χ2n) is 3.91. The lowest BCUT2D eigenvalue weighted by atomic mass is 10.2. The molecule has 22 heavy (non-hydrogen) atoms. The maximum absolute atomic E-state index is 12.4. The Morgan fingerprint density at radius 1 is 1.09 bits per heavy atom. The molecule has 0 spiro atoms. The summed E-state index contributed by atoms with van der Waals surface area (Å²) in [6.45, 7) is 0. The van der Waals surface area contributed by atoms with Crippen LogP contribution < -0.4 is 10.9 Å². The molecule has 2 N–H and O–H groups in total. The fourth-order valence-corrected chi connectivity index (χ4v) is 3.36. The molecule has 0 saturated heterocycles. The van der Waals surface area contributed by atoms with Crippen LogP contribution in [0.2, 0.25) is 0 Å². The summed E-state index contributed by atoms with van der Waals surface area (Å²) >= 11 is 4.56. The Kier molecular flexibility index (Phi) is 5.92. The van der Waals surface area contributed by atoms with Crippen LogP contribution in [0.1, 0.15) is 20.0 Å². The van der Waals surface area contributed by atoms with Crippen molar-refractivity contribution < 1.29 is 18.4 Å². The number of nitrogens with one attached hydrogen (secondary N) is 2. The molecule has 0 fully saturated rings. The summed E-state index contributed by atoms with van der Waals surface area (Å²) < 4.78 is 25.6. The first-order chi connectivity index (χ1) is 10.5. The van der Waals surface area contributed by atoms with Gasteiger partial charge in [0.15, 0.2) is 0 Å². The van der Waals surface area contributed by atoms with Gasteiger partial charge in [0.05, 0.1) is 0 Å². The van der Waals surface area contributed by atoms with Crippen molar-refractivity contribution in [3.8, 4) is 0 Å². The second-order valence-corrected chi connectivity index (χ2v) is 6.77. The highest BCUT2D eigenvalue weighted by molar-refractivity contribution is 9.10. The Hall–Kier alpha value is -1.45. The molecule has 1 aromatic carbocycles. The van der Waals surface area contributed by atoms with Crippen LogP contribution in [0, 0.1) is 0 Å². The number of thioether (sulfide) groups is 1. The van der Waals surface area contributed by atoms with E-state index in [4.69, 9.17) is 0 Å². The largest absolute Gasteiger partial charge is 0.288 e. The fourth-order valence-electron chi connectivity index (χ4n) is 1.50. The minimum Gasteiger partial charge on any atom is -0.267 e. The van der Waals surface area contributed by atoms with E-state index >= 15 is 0 Å². The number of hydrogen-bond acceptors (Lipinski definition) is 4. The molecule has 2 aromatic rings. The molecule has 0 unspecified atom stereocenters. The fraction of sp³-hybridized carbons (Fsp3) is 0.0769. The van der Waals surface area contributed by atoms with Gasteiger partial charge in [-0.1, -0.05) is 27.7 Å². The van der Waals surface area contributed by atoms with Crippen molar-refractivity contribution in [2.24, 2.45) is 0 Å². The quantitative estimate of drug-likeness (QED) is 0.597. The summed E-state index contributed by atoms with van der Waals surface area (Å²) in [6, 6.07) is 7.97. The summed E-state index contributed by atoms with van der Waals surface area (Å²) in [5.41, 5.74) is 4.81. The molecule has 0 atom stereocenters. The summed E-state index contributed by atoms with van der Waals surface area (Å²) in [6.07, 6.45) is 0. The highest BCUT2D eigenvalue weighted by atomic mass is 79.9. The van der Waals surface area contributed by atoms with Gasteiger partial charge in [0.25, 0.3) is 17.6 Å². The normalized spacial score (nSPS) is 10.5. The molecule has 0 aliphatic rings. The molecule has 2 rings (SSSR count). The summed E-state index contributed by atoms with van der Waals surface area (Å²) in [5, 5.41) is 1.54. The zero-order valence-corrected chi connectivity index (χ0v) is 14.0. The standard InChI is InChI=1S/C13H9BrF2N2O2S2/c14-8-3-1-7(2-4-8)11(19)17-18-12(20)10-9(5-6-21-10)22-13(15)16/h1-6,13H,(H,17,19)(H,18,20). The molecule has 9 heteroatoms. The molecule has 0 radical (unpaired) electrons. The number of hydrazine groups is 1. The van der Waals surface area contributed by atoms with Crippen LogP contribution in [0.3, 0.4) is 0 Å². The molecule has 0 bridgehead atoms. The van der Waals surface area contributed by atoms with Crippen molar-refractivity contribution in [3.05, 3.63) is 50.6 Å². The topological polar surface area (TPSA) is 58.2 Å². The van der Waals surface area contributed by atoms with E-state index in [1.807, 2.05) is 0 Å². The minimum absolute atomic E-state index is 0.126. The van der Waals surface area contributed by atoms with E-state index in [1.54, 1.807) is 24.3 Å². The first kappa shape index (κ1) is 16.9. The van der Waals surface area contributed by atoms with E-state index in [2.05, 4.69) is 26.8 Å². The van der Waals surface area contributed by atoms with Crippen molar-refractivity contribution in [1.82, 2.24) is 10.9 Å². The van der Waals surface area contributed by atoms with Crippen LogP contribution in [0.5, 0.6) is 0 Å². The van der Waals surface area contributed by atoms with E-state index in [0.717, 1.165) is 15.8 Å². The lowest BCUT2D eigenvalue weighted by Crippen LogP contribution is -2.41. The molecule has 0 aliphatic carbocycles. The second kappa shape index (κ2) is 7.70. The molecule has 1 heterocycles. The molecule has 0 aliphatic heterocycles. The average Bonchev–Trinajstić information content (AvgIpc) is 2.92. The zero-order chi connectivity index (χ0) is 16.1. The van der Waals surface area contributed by atoms with Gasteiger partial charge in [-0.2, -0.15) is 8.78 Å². The van der Waals surface area contributed by atoms with Crippen LogP contribution in [-0.4, -0.2) is 17.6 Å². The SMILES string of the molecule is O=C(NNC(=O)c1sccc1SC(F)F)c1ccc(Br)cc1. The lowest BCUT2D eigenvalue weighted by Gasteiger charge is -2.07. The van der Waals surface area contributed by atoms with Crippen molar-refractivity contribution in [3.63, 3.8) is 0 Å². The van der Waals surface area contributed by atoms with E-state index in [-0.39, 0.29) is 9.77 Å². The van der Waals surface area contributed by atoms with Crippen LogP contribution >= 0.6 is 39.0 Å². The summed E-state index contributed by atoms with van der Waals surface area (Å²) in [4.78, 5) is 24.0. The van der Waals surface area contributed by atoms with E-state index in [0.29, 0.717) is 17.3 Å². The van der Waals surface area contributed by atoms with Crippen LogP contribution in [0.4, 0.5) is 8.78 Å². The van der Waals surface area contributed by atoms with Gasteiger partial charge < -0.3 is 0 Å². The van der Waals surface area contributed by atoms with Gasteiger partial charge >= 0.3 is 0 Å². The number of rotatable bonds is 4. The van der Waals surface area contributed by atoms with Gasteiger partial charge in [0, 0.05) is 14.9 Å². The molecule has 0 saturated carbocycles. The van der Waals surface area contributed by atoms with Gasteiger partial charge in [0.2, 0.25) is 0 Å². The smallest absolute Gasteiger partial charge is 0.267 e. The Morgan fingerprint density at radius 3 is 2.36 bits per heavy atom.